The predicted molar refractivity (Wildman–Crippen MR) is 113 cm³/mol. The van der Waals surface area contributed by atoms with Gasteiger partial charge in [0.25, 0.3) is 0 Å². The lowest BCUT2D eigenvalue weighted by Crippen LogP contribution is -2.59. The first kappa shape index (κ1) is 22.6. The van der Waals surface area contributed by atoms with Crippen LogP contribution >= 0.6 is 0 Å². The first-order chi connectivity index (χ1) is 14.5. The molecule has 3 rings (SSSR count). The summed E-state index contributed by atoms with van der Waals surface area (Å²) in [6.45, 7) is 6.59. The molecule has 1 aromatic heterocycles. The second-order valence-electron chi connectivity index (χ2n) is 8.70. The Bertz CT molecular complexity index is 991. The highest BCUT2D eigenvalue weighted by Crippen LogP contribution is 2.31. The molecular weight excluding hydrogens is 402 g/mol. The van der Waals surface area contributed by atoms with Crippen LogP contribution in [0.15, 0.2) is 24.3 Å². The molecule has 0 saturated carbocycles. The molecule has 9 nitrogen and oxygen atoms in total. The van der Waals surface area contributed by atoms with E-state index in [1.807, 2.05) is 24.3 Å². The summed E-state index contributed by atoms with van der Waals surface area (Å²) >= 11 is 0. The average Bonchev–Trinajstić information content (AvgIpc) is 3.06. The zero-order chi connectivity index (χ0) is 22.9. The number of hydrogen-bond donors (Lipinski definition) is 3. The monoisotopic (exact) mass is 431 g/mol. The van der Waals surface area contributed by atoms with Gasteiger partial charge in [0.15, 0.2) is 0 Å². The van der Waals surface area contributed by atoms with E-state index in [2.05, 4.69) is 10.3 Å². The van der Waals surface area contributed by atoms with Crippen LogP contribution < -0.4 is 5.32 Å². The zero-order valence-electron chi connectivity index (χ0n) is 18.4. The summed E-state index contributed by atoms with van der Waals surface area (Å²) in [5, 5.41) is 13.6. The third-order valence-electron chi connectivity index (χ3n) is 5.18. The standard InChI is InChI=1S/C22H29N3O6/c1-12(26)18(24-21(29)31-22(2,3)4)19(27)25-11-16-14(10-17(25)20(28)30-5)13-8-6-7-9-15(13)23-16/h6-9,12,17-18,23,26H,10-11H2,1-5H3,(H,24,29)/t12-,17+,18+/m1/s1. The minimum Gasteiger partial charge on any atom is -0.467 e. The number of aromatic amines is 1. The summed E-state index contributed by atoms with van der Waals surface area (Å²) in [6.07, 6.45) is -1.77. The minimum absolute atomic E-state index is 0.113. The van der Waals surface area contributed by atoms with Gasteiger partial charge < -0.3 is 29.8 Å². The van der Waals surface area contributed by atoms with Gasteiger partial charge in [0.1, 0.15) is 17.7 Å². The zero-order valence-corrected chi connectivity index (χ0v) is 18.4. The van der Waals surface area contributed by atoms with Crippen LogP contribution in [0.4, 0.5) is 4.79 Å². The second kappa shape index (κ2) is 8.58. The van der Waals surface area contributed by atoms with Crippen LogP contribution in [0.1, 0.15) is 39.0 Å². The highest BCUT2D eigenvalue weighted by Gasteiger charge is 2.41. The Hall–Kier alpha value is -3.07. The SMILES string of the molecule is COC(=O)[C@@H]1Cc2c([nH]c3ccccc23)CN1C(=O)[C@@H](NC(=O)OC(C)(C)C)[C@@H](C)O. The van der Waals surface area contributed by atoms with Gasteiger partial charge in [-0.05, 0) is 39.3 Å². The topological polar surface area (TPSA) is 121 Å². The fourth-order valence-electron chi connectivity index (χ4n) is 3.79. The molecule has 0 aliphatic carbocycles. The molecular formula is C22H29N3O6. The number of alkyl carbamates (subject to hydrolysis) is 1. The number of nitrogens with one attached hydrogen (secondary N) is 2. The van der Waals surface area contributed by atoms with E-state index in [0.29, 0.717) is 0 Å². The van der Waals surface area contributed by atoms with Crippen LogP contribution in [0.5, 0.6) is 0 Å². The van der Waals surface area contributed by atoms with Gasteiger partial charge in [-0.15, -0.1) is 0 Å². The van der Waals surface area contributed by atoms with Crippen molar-refractivity contribution < 1.29 is 29.0 Å². The van der Waals surface area contributed by atoms with Gasteiger partial charge in [0.05, 0.1) is 19.8 Å². The fraction of sp³-hybridized carbons (Fsp3) is 0.500. The van der Waals surface area contributed by atoms with Crippen LogP contribution in [-0.2, 0) is 32.0 Å². The highest BCUT2D eigenvalue weighted by molar-refractivity contribution is 5.92. The van der Waals surface area contributed by atoms with Gasteiger partial charge in [-0.2, -0.15) is 0 Å². The number of amides is 2. The Balaban J connectivity index is 1.92. The number of aliphatic hydroxyl groups is 1. The maximum absolute atomic E-state index is 13.4. The van der Waals surface area contributed by atoms with Crippen molar-refractivity contribution in [1.29, 1.82) is 0 Å². The Morgan fingerprint density at radius 1 is 1.26 bits per heavy atom. The number of aromatic nitrogens is 1. The van der Waals surface area contributed by atoms with E-state index in [9.17, 15) is 19.5 Å². The summed E-state index contributed by atoms with van der Waals surface area (Å²) in [7, 11) is 1.26. The summed E-state index contributed by atoms with van der Waals surface area (Å²) in [6, 6.07) is 5.53. The maximum Gasteiger partial charge on any atom is 0.408 e. The summed E-state index contributed by atoms with van der Waals surface area (Å²) < 4.78 is 10.2. The Labute approximate surface area is 180 Å². The molecule has 0 spiro atoms. The van der Waals surface area contributed by atoms with E-state index in [1.54, 1.807) is 20.8 Å². The first-order valence-corrected chi connectivity index (χ1v) is 10.2. The fourth-order valence-corrected chi connectivity index (χ4v) is 3.79. The molecule has 0 saturated heterocycles. The minimum atomic E-state index is -1.28. The molecule has 0 unspecified atom stereocenters. The van der Waals surface area contributed by atoms with Crippen molar-refractivity contribution in [1.82, 2.24) is 15.2 Å². The van der Waals surface area contributed by atoms with Gasteiger partial charge in [-0.3, -0.25) is 4.79 Å². The molecule has 9 heteroatoms. The second-order valence-corrected chi connectivity index (χ2v) is 8.70. The van der Waals surface area contributed by atoms with Crippen LogP contribution in [0.25, 0.3) is 10.9 Å². The van der Waals surface area contributed by atoms with E-state index in [0.717, 1.165) is 22.2 Å². The van der Waals surface area contributed by atoms with Crippen LogP contribution in [0, 0.1) is 0 Å². The predicted octanol–water partition coefficient (Wildman–Crippen LogP) is 1.87. The lowest BCUT2D eigenvalue weighted by molar-refractivity contribution is -0.155. The van der Waals surface area contributed by atoms with Crippen LogP contribution in [0.3, 0.4) is 0 Å². The van der Waals surface area contributed by atoms with Crippen molar-refractivity contribution in [3.63, 3.8) is 0 Å². The number of nitrogens with zero attached hydrogens (tertiary/aromatic N) is 1. The Morgan fingerprint density at radius 3 is 2.55 bits per heavy atom. The number of fused-ring (bicyclic) bond motifs is 3. The number of hydrogen-bond acceptors (Lipinski definition) is 6. The van der Waals surface area contributed by atoms with E-state index in [1.165, 1.54) is 18.9 Å². The third kappa shape index (κ3) is 4.82. The molecule has 2 aromatic rings. The number of rotatable bonds is 4. The summed E-state index contributed by atoms with van der Waals surface area (Å²) in [5.74, 6) is -1.16. The Kier molecular flexibility index (Phi) is 6.26. The molecule has 3 N–H and O–H groups in total. The lowest BCUT2D eigenvalue weighted by atomic mass is 9.95. The Morgan fingerprint density at radius 2 is 1.94 bits per heavy atom. The van der Waals surface area contributed by atoms with Crippen molar-refractivity contribution in [3.05, 3.63) is 35.5 Å². The number of carbonyl (C=O) groups is 3. The number of aliphatic hydroxyl groups excluding tert-OH is 1. The number of ether oxygens (including phenoxy) is 2. The normalized spacial score (nSPS) is 18.1. The molecule has 3 atom stereocenters. The van der Waals surface area contributed by atoms with E-state index in [4.69, 9.17) is 9.47 Å². The van der Waals surface area contributed by atoms with E-state index >= 15 is 0 Å². The molecule has 1 aromatic carbocycles. The maximum atomic E-state index is 13.4. The molecule has 1 aliphatic rings. The lowest BCUT2D eigenvalue weighted by Gasteiger charge is -2.37. The smallest absolute Gasteiger partial charge is 0.408 e. The first-order valence-electron chi connectivity index (χ1n) is 10.2. The molecule has 0 bridgehead atoms. The van der Waals surface area contributed by atoms with Crippen LogP contribution in [-0.4, -0.2) is 63.9 Å². The highest BCUT2D eigenvalue weighted by atomic mass is 16.6. The number of H-pyrrole nitrogens is 1. The number of esters is 1. The third-order valence-corrected chi connectivity index (χ3v) is 5.18. The quantitative estimate of drug-likeness (QED) is 0.636. The number of benzene rings is 1. The summed E-state index contributed by atoms with van der Waals surface area (Å²) in [5.41, 5.74) is 1.89. The number of carbonyl (C=O) groups excluding carboxylic acids is 3. The molecule has 0 radical (unpaired) electrons. The van der Waals surface area contributed by atoms with Crippen molar-refractivity contribution in [2.75, 3.05) is 7.11 Å². The van der Waals surface area contributed by atoms with Gasteiger partial charge in [0.2, 0.25) is 5.91 Å². The van der Waals surface area contributed by atoms with Gasteiger partial charge >= 0.3 is 12.1 Å². The van der Waals surface area contributed by atoms with Crippen molar-refractivity contribution in [2.24, 2.45) is 0 Å². The molecule has 31 heavy (non-hydrogen) atoms. The van der Waals surface area contributed by atoms with Crippen LogP contribution in [0.2, 0.25) is 0 Å². The largest absolute Gasteiger partial charge is 0.467 e. The van der Waals surface area contributed by atoms with Crippen molar-refractivity contribution in [3.8, 4) is 0 Å². The van der Waals surface area contributed by atoms with E-state index < -0.39 is 41.8 Å². The van der Waals surface area contributed by atoms with Gasteiger partial charge in [-0.25, -0.2) is 9.59 Å². The molecule has 0 fully saturated rings. The average molecular weight is 431 g/mol. The van der Waals surface area contributed by atoms with Gasteiger partial charge in [-0.1, -0.05) is 18.2 Å². The summed E-state index contributed by atoms with van der Waals surface area (Å²) in [4.78, 5) is 42.8. The number of methoxy groups -OCH3 is 1. The number of para-hydroxylation sites is 1. The molecule has 2 amide bonds. The van der Waals surface area contributed by atoms with Crippen molar-refractivity contribution >= 4 is 28.9 Å². The van der Waals surface area contributed by atoms with E-state index in [-0.39, 0.29) is 13.0 Å². The molecule has 168 valence electrons. The molecule has 2 heterocycles. The van der Waals surface area contributed by atoms with Gasteiger partial charge in [0, 0.05) is 23.0 Å². The molecule has 1 aliphatic heterocycles. The van der Waals surface area contributed by atoms with Crippen molar-refractivity contribution in [2.45, 2.75) is 64.4 Å².